The zero-order valence-corrected chi connectivity index (χ0v) is 16.0. The molecule has 3 heterocycles. The maximum absolute atomic E-state index is 12.6. The maximum atomic E-state index is 12.6. The van der Waals surface area contributed by atoms with Crippen LogP contribution in [0.1, 0.15) is 45.9 Å². The number of carbonyl (C=O) groups excluding carboxylic acids is 1. The lowest BCUT2D eigenvalue weighted by Gasteiger charge is -2.26. The first-order valence-corrected chi connectivity index (χ1v) is 9.41. The summed E-state index contributed by atoms with van der Waals surface area (Å²) in [4.78, 5) is 23.2. The second kappa shape index (κ2) is 7.60. The first-order chi connectivity index (χ1) is 14.5. The van der Waals surface area contributed by atoms with Crippen LogP contribution < -0.4 is 22.1 Å². The number of guanidine groups is 1. The molecule has 30 heavy (non-hydrogen) atoms. The Bertz CT molecular complexity index is 1120. The Hall–Kier alpha value is -4.31. The molecule has 0 bridgehead atoms. The highest BCUT2D eigenvalue weighted by Crippen LogP contribution is 2.40. The van der Waals surface area contributed by atoms with Crippen molar-refractivity contribution < 1.29 is 4.79 Å². The van der Waals surface area contributed by atoms with E-state index in [-0.39, 0.29) is 28.9 Å². The number of hydrogen-bond acceptors (Lipinski definition) is 9. The van der Waals surface area contributed by atoms with Gasteiger partial charge >= 0.3 is 0 Å². The minimum absolute atomic E-state index is 0.000759. The van der Waals surface area contributed by atoms with Crippen molar-refractivity contribution in [2.45, 2.75) is 18.9 Å². The fourth-order valence-electron chi connectivity index (χ4n) is 3.73. The summed E-state index contributed by atoms with van der Waals surface area (Å²) in [5, 5.41) is 23.7. The van der Waals surface area contributed by atoms with Crippen molar-refractivity contribution in [3.8, 4) is 12.3 Å². The summed E-state index contributed by atoms with van der Waals surface area (Å²) in [5.74, 6) is 0.493. The van der Waals surface area contributed by atoms with Crippen LogP contribution in [-0.2, 0) is 0 Å². The largest absolute Gasteiger partial charge is 0.397 e. The molecule has 0 aliphatic carbocycles. The Labute approximate surface area is 172 Å². The highest BCUT2D eigenvalue weighted by molar-refractivity contribution is 5.98. The van der Waals surface area contributed by atoms with E-state index in [2.05, 4.69) is 20.6 Å². The molecule has 1 amide bonds. The van der Waals surface area contributed by atoms with Gasteiger partial charge in [-0.1, -0.05) is 12.1 Å². The van der Waals surface area contributed by atoms with Crippen molar-refractivity contribution in [2.24, 2.45) is 4.99 Å². The van der Waals surface area contributed by atoms with Gasteiger partial charge in [-0.25, -0.2) is 9.98 Å². The maximum Gasteiger partial charge on any atom is 0.253 e. The lowest BCUT2D eigenvalue weighted by molar-refractivity contribution is 0.0793. The molecule has 4 rings (SSSR count). The molecular weight excluding hydrogens is 382 g/mol. The molecule has 10 heteroatoms. The third kappa shape index (κ3) is 3.20. The van der Waals surface area contributed by atoms with Crippen LogP contribution in [-0.4, -0.2) is 34.8 Å². The molecule has 1 unspecified atom stereocenters. The molecule has 1 atom stereocenters. The van der Waals surface area contributed by atoms with Crippen LogP contribution in [0, 0.1) is 22.8 Å². The predicted octanol–water partition coefficient (Wildman–Crippen LogP) is 1.30. The Balaban J connectivity index is 1.75. The number of likely N-dealkylation sites (tertiary alicyclic amines) is 1. The number of aromatic nitrogens is 1. The van der Waals surface area contributed by atoms with Crippen LogP contribution in [0.4, 0.5) is 17.3 Å². The molecule has 1 aromatic heterocycles. The van der Waals surface area contributed by atoms with Gasteiger partial charge in [0.15, 0.2) is 6.19 Å². The number of aliphatic imine (C=N–C) groups is 1. The number of pyridine rings is 1. The number of rotatable bonds is 2. The van der Waals surface area contributed by atoms with Crippen molar-refractivity contribution in [3.05, 3.63) is 46.5 Å². The zero-order valence-electron chi connectivity index (χ0n) is 16.0. The van der Waals surface area contributed by atoms with Crippen LogP contribution in [0.25, 0.3) is 0 Å². The lowest BCUT2D eigenvalue weighted by Crippen LogP contribution is -2.32. The van der Waals surface area contributed by atoms with Crippen LogP contribution in [0.2, 0.25) is 0 Å². The zero-order chi connectivity index (χ0) is 21.3. The summed E-state index contributed by atoms with van der Waals surface area (Å²) < 4.78 is 0. The third-order valence-corrected chi connectivity index (χ3v) is 5.22. The summed E-state index contributed by atoms with van der Waals surface area (Å²) in [6, 6.07) is 8.41. The lowest BCUT2D eigenvalue weighted by atomic mass is 9.94. The number of hydrogen-bond donors (Lipinski definition) is 4. The van der Waals surface area contributed by atoms with Gasteiger partial charge in [0, 0.05) is 24.2 Å². The van der Waals surface area contributed by atoms with Gasteiger partial charge < -0.3 is 21.7 Å². The van der Waals surface area contributed by atoms with Crippen LogP contribution in [0.5, 0.6) is 0 Å². The molecule has 1 saturated heterocycles. The quantitative estimate of drug-likeness (QED) is 0.431. The van der Waals surface area contributed by atoms with Gasteiger partial charge in [0.25, 0.3) is 5.91 Å². The van der Waals surface area contributed by atoms with Crippen molar-refractivity contribution >= 4 is 29.2 Å². The summed E-state index contributed by atoms with van der Waals surface area (Å²) in [6.45, 7) is 1.55. The topological polar surface area (TPSA) is 169 Å². The van der Waals surface area contributed by atoms with Gasteiger partial charge in [-0.3, -0.25) is 10.1 Å². The number of amides is 1. The van der Waals surface area contributed by atoms with Crippen molar-refractivity contribution in [2.75, 3.05) is 29.9 Å². The number of nitrogens with two attached hydrogens (primary N) is 2. The number of benzene rings is 1. The van der Waals surface area contributed by atoms with Crippen LogP contribution >= 0.6 is 0 Å². The van der Waals surface area contributed by atoms with Crippen LogP contribution in [0.15, 0.2) is 29.3 Å². The molecule has 2 aromatic rings. The van der Waals surface area contributed by atoms with E-state index in [4.69, 9.17) is 16.7 Å². The number of anilines is 3. The summed E-state index contributed by atoms with van der Waals surface area (Å²) in [6.07, 6.45) is 3.86. The number of nitrogens with one attached hydrogen (secondary N) is 2. The molecule has 150 valence electrons. The Morgan fingerprint density at radius 2 is 1.90 bits per heavy atom. The average Bonchev–Trinajstić information content (AvgIpc) is 3.28. The summed E-state index contributed by atoms with van der Waals surface area (Å²) in [5.41, 5.74) is 14.1. The molecule has 1 fully saturated rings. The van der Waals surface area contributed by atoms with Gasteiger partial charge in [-0.2, -0.15) is 10.5 Å². The van der Waals surface area contributed by atoms with Gasteiger partial charge in [-0.05, 0) is 30.5 Å². The molecule has 2 aliphatic rings. The van der Waals surface area contributed by atoms with Gasteiger partial charge in [-0.15, -0.1) is 0 Å². The van der Waals surface area contributed by atoms with E-state index >= 15 is 0 Å². The molecule has 0 radical (unpaired) electrons. The van der Waals surface area contributed by atoms with Gasteiger partial charge in [0.2, 0.25) is 5.96 Å². The van der Waals surface area contributed by atoms with E-state index in [0.29, 0.717) is 16.9 Å². The van der Waals surface area contributed by atoms with Crippen molar-refractivity contribution in [3.63, 3.8) is 0 Å². The first-order valence-electron chi connectivity index (χ1n) is 9.41. The second-order valence-electron chi connectivity index (χ2n) is 7.02. The number of fused-ring (bicyclic) bond motifs is 1. The highest BCUT2D eigenvalue weighted by Gasteiger charge is 2.30. The molecule has 6 N–H and O–H groups in total. The summed E-state index contributed by atoms with van der Waals surface area (Å²) in [7, 11) is 0. The second-order valence-corrected chi connectivity index (χ2v) is 7.02. The van der Waals surface area contributed by atoms with E-state index in [9.17, 15) is 10.1 Å². The minimum Gasteiger partial charge on any atom is -0.397 e. The fourth-order valence-corrected chi connectivity index (χ4v) is 3.73. The van der Waals surface area contributed by atoms with E-state index in [0.717, 1.165) is 31.5 Å². The SMILES string of the molecule is N#CNC1=NC(c2ccc(C(=O)N3CCCC3)cc2)c2c(nc(N)c(C#N)c2N)N1. The first kappa shape index (κ1) is 19.0. The van der Waals surface area contributed by atoms with Crippen molar-refractivity contribution in [1.29, 1.82) is 10.5 Å². The number of nitrogen functional groups attached to an aromatic ring is 2. The fraction of sp³-hybridized carbons (Fsp3) is 0.250. The standard InChI is InChI=1S/C20H19N9O/c21-9-13-15(23)14-16(26-20(25-10-22)28-18(14)27-17(13)24)11-3-5-12(6-4-11)19(30)29-7-1-2-8-29/h3-6,16H,1-2,7-8H2,(H6,23,24,25,26,27,28). The van der Waals surface area contributed by atoms with Crippen LogP contribution in [0.3, 0.4) is 0 Å². The molecule has 0 saturated carbocycles. The normalized spacial score (nSPS) is 17.2. The summed E-state index contributed by atoms with van der Waals surface area (Å²) >= 11 is 0. The number of nitrogens with zero attached hydrogens (tertiary/aromatic N) is 5. The molecule has 0 spiro atoms. The minimum atomic E-state index is -0.631. The molecule has 1 aromatic carbocycles. The number of nitriles is 2. The predicted molar refractivity (Wildman–Crippen MR) is 111 cm³/mol. The van der Waals surface area contributed by atoms with Gasteiger partial charge in [0.1, 0.15) is 29.3 Å². The van der Waals surface area contributed by atoms with Gasteiger partial charge in [0.05, 0.1) is 5.69 Å². The Morgan fingerprint density at radius 3 is 2.53 bits per heavy atom. The highest BCUT2D eigenvalue weighted by atomic mass is 16.2. The molecule has 2 aliphatic heterocycles. The average molecular weight is 401 g/mol. The number of carbonyl (C=O) groups is 1. The Kier molecular flexibility index (Phi) is 4.82. The third-order valence-electron chi connectivity index (χ3n) is 5.22. The van der Waals surface area contributed by atoms with E-state index in [1.165, 1.54) is 0 Å². The molecular formula is C20H19N9O. The van der Waals surface area contributed by atoms with Crippen molar-refractivity contribution in [1.82, 2.24) is 15.2 Å². The van der Waals surface area contributed by atoms with E-state index < -0.39 is 6.04 Å². The Morgan fingerprint density at radius 1 is 1.20 bits per heavy atom. The smallest absolute Gasteiger partial charge is 0.253 e. The monoisotopic (exact) mass is 401 g/mol. The van der Waals surface area contributed by atoms with E-state index in [1.54, 1.807) is 24.3 Å². The molecule has 10 nitrogen and oxygen atoms in total. The van der Waals surface area contributed by atoms with E-state index in [1.807, 2.05) is 17.2 Å².